The number of rotatable bonds is 4. The van der Waals surface area contributed by atoms with E-state index >= 15 is 0 Å². The summed E-state index contributed by atoms with van der Waals surface area (Å²) in [6, 6.07) is 0.360. The second-order valence-corrected chi connectivity index (χ2v) is 6.03. The Balaban J connectivity index is 2.33. The highest BCUT2D eigenvalue weighted by atomic mass is 16.6. The highest BCUT2D eigenvalue weighted by molar-refractivity contribution is 5.69. The number of hydrogen-bond donors (Lipinski definition) is 1. The van der Waals surface area contributed by atoms with E-state index in [0.29, 0.717) is 12.0 Å². The number of likely N-dealkylation sites (tertiary alicyclic amines) is 1. The summed E-state index contributed by atoms with van der Waals surface area (Å²) >= 11 is 0. The third kappa shape index (κ3) is 4.54. The summed E-state index contributed by atoms with van der Waals surface area (Å²) in [6.07, 6.45) is 3.04. The van der Waals surface area contributed by atoms with E-state index in [4.69, 9.17) is 10.5 Å². The maximum Gasteiger partial charge on any atom is 0.410 e. The maximum absolute atomic E-state index is 11.8. The second-order valence-electron chi connectivity index (χ2n) is 6.03. The lowest BCUT2D eigenvalue weighted by Crippen LogP contribution is -2.52. The first-order valence-corrected chi connectivity index (χ1v) is 6.53. The highest BCUT2D eigenvalue weighted by Gasteiger charge is 2.34. The van der Waals surface area contributed by atoms with Gasteiger partial charge in [-0.2, -0.15) is 0 Å². The van der Waals surface area contributed by atoms with Crippen molar-refractivity contribution in [3.63, 3.8) is 0 Å². The zero-order chi connectivity index (χ0) is 13.1. The lowest BCUT2D eigenvalue weighted by Gasteiger charge is -2.41. The van der Waals surface area contributed by atoms with E-state index in [1.54, 1.807) is 0 Å². The molecule has 2 N–H and O–H groups in total. The van der Waals surface area contributed by atoms with E-state index in [2.05, 4.69) is 6.92 Å². The summed E-state index contributed by atoms with van der Waals surface area (Å²) in [4.78, 5) is 13.7. The molecule has 2 atom stereocenters. The third-order valence-corrected chi connectivity index (χ3v) is 3.17. The van der Waals surface area contributed by atoms with Crippen LogP contribution >= 0.6 is 0 Å². The van der Waals surface area contributed by atoms with E-state index in [1.807, 2.05) is 25.7 Å². The fourth-order valence-corrected chi connectivity index (χ4v) is 1.90. The smallest absolute Gasteiger partial charge is 0.410 e. The molecule has 2 unspecified atom stereocenters. The van der Waals surface area contributed by atoms with Crippen LogP contribution in [0.1, 0.15) is 47.0 Å². The molecule has 0 aromatic carbocycles. The Labute approximate surface area is 104 Å². The summed E-state index contributed by atoms with van der Waals surface area (Å²) in [5.41, 5.74) is 5.19. The Morgan fingerprint density at radius 2 is 2.18 bits per heavy atom. The zero-order valence-electron chi connectivity index (χ0n) is 11.5. The fourth-order valence-electron chi connectivity index (χ4n) is 1.90. The molecule has 1 rings (SSSR count). The Kier molecular flexibility index (Phi) is 4.80. The molecule has 1 fully saturated rings. The number of amides is 1. The van der Waals surface area contributed by atoms with Gasteiger partial charge < -0.3 is 15.4 Å². The molecule has 4 nitrogen and oxygen atoms in total. The molecule has 1 heterocycles. The van der Waals surface area contributed by atoms with Crippen LogP contribution in [0.3, 0.4) is 0 Å². The van der Waals surface area contributed by atoms with E-state index in [0.717, 1.165) is 32.4 Å². The van der Waals surface area contributed by atoms with Crippen molar-refractivity contribution >= 4 is 6.09 Å². The van der Waals surface area contributed by atoms with E-state index in [-0.39, 0.29) is 6.09 Å². The Morgan fingerprint density at radius 3 is 2.59 bits per heavy atom. The predicted octanol–water partition coefficient (Wildman–Crippen LogP) is 2.37. The molecule has 1 aliphatic rings. The second kappa shape index (κ2) is 5.71. The Bertz CT molecular complexity index is 261. The van der Waals surface area contributed by atoms with Gasteiger partial charge in [-0.05, 0) is 52.5 Å². The standard InChI is InChI=1S/C13H26N2O2/c1-10(9-14)5-6-11-7-8-15(11)12(16)17-13(2,3)4/h10-11H,5-9,14H2,1-4H3. The monoisotopic (exact) mass is 242 g/mol. The van der Waals surface area contributed by atoms with Crippen molar-refractivity contribution in [2.24, 2.45) is 11.7 Å². The van der Waals surface area contributed by atoms with Gasteiger partial charge in [0.05, 0.1) is 0 Å². The number of nitrogens with two attached hydrogens (primary N) is 1. The summed E-state index contributed by atoms with van der Waals surface area (Å²) in [5.74, 6) is 0.538. The molecule has 0 radical (unpaired) electrons. The van der Waals surface area contributed by atoms with Crippen molar-refractivity contribution in [3.05, 3.63) is 0 Å². The van der Waals surface area contributed by atoms with Crippen molar-refractivity contribution in [2.75, 3.05) is 13.1 Å². The summed E-state index contributed by atoms with van der Waals surface area (Å²) in [7, 11) is 0. The minimum Gasteiger partial charge on any atom is -0.444 e. The first kappa shape index (κ1) is 14.3. The van der Waals surface area contributed by atoms with Crippen LogP contribution in [0.2, 0.25) is 0 Å². The average Bonchev–Trinajstić information content (AvgIpc) is 2.12. The normalized spacial score (nSPS) is 21.9. The molecule has 100 valence electrons. The average molecular weight is 242 g/mol. The van der Waals surface area contributed by atoms with Crippen molar-refractivity contribution in [3.8, 4) is 0 Å². The molecule has 0 aromatic heterocycles. The number of carbonyl (C=O) groups excluding carboxylic acids is 1. The largest absolute Gasteiger partial charge is 0.444 e. The van der Waals surface area contributed by atoms with Crippen LogP contribution in [0, 0.1) is 5.92 Å². The molecule has 0 saturated carbocycles. The minimum atomic E-state index is -0.401. The zero-order valence-corrected chi connectivity index (χ0v) is 11.5. The van der Waals surface area contributed by atoms with Crippen molar-refractivity contribution in [1.29, 1.82) is 0 Å². The molecular weight excluding hydrogens is 216 g/mol. The van der Waals surface area contributed by atoms with Gasteiger partial charge in [-0.3, -0.25) is 0 Å². The number of carbonyl (C=O) groups is 1. The van der Waals surface area contributed by atoms with Crippen LogP contribution < -0.4 is 5.73 Å². The topological polar surface area (TPSA) is 55.6 Å². The number of hydrogen-bond acceptors (Lipinski definition) is 3. The first-order chi connectivity index (χ1) is 7.83. The lowest BCUT2D eigenvalue weighted by molar-refractivity contribution is -0.00754. The van der Waals surface area contributed by atoms with Gasteiger partial charge in [0, 0.05) is 12.6 Å². The van der Waals surface area contributed by atoms with E-state index in [1.165, 1.54) is 0 Å². The molecule has 1 amide bonds. The van der Waals surface area contributed by atoms with E-state index < -0.39 is 5.60 Å². The minimum absolute atomic E-state index is 0.172. The van der Waals surface area contributed by atoms with Crippen molar-refractivity contribution < 1.29 is 9.53 Å². The van der Waals surface area contributed by atoms with E-state index in [9.17, 15) is 4.79 Å². The quantitative estimate of drug-likeness (QED) is 0.823. The van der Waals surface area contributed by atoms with Crippen LogP contribution in [-0.4, -0.2) is 35.7 Å². The molecule has 0 aromatic rings. The molecule has 0 aliphatic carbocycles. The van der Waals surface area contributed by atoms with Gasteiger partial charge in [-0.15, -0.1) is 0 Å². The Hall–Kier alpha value is -0.770. The maximum atomic E-state index is 11.8. The molecule has 0 spiro atoms. The third-order valence-electron chi connectivity index (χ3n) is 3.17. The van der Waals surface area contributed by atoms with Gasteiger partial charge in [0.25, 0.3) is 0 Å². The van der Waals surface area contributed by atoms with Gasteiger partial charge >= 0.3 is 6.09 Å². The molecule has 1 aliphatic heterocycles. The highest BCUT2D eigenvalue weighted by Crippen LogP contribution is 2.25. The van der Waals surface area contributed by atoms with Crippen LogP contribution in [0.25, 0.3) is 0 Å². The first-order valence-electron chi connectivity index (χ1n) is 6.53. The Morgan fingerprint density at radius 1 is 1.53 bits per heavy atom. The molecular formula is C13H26N2O2. The summed E-state index contributed by atoms with van der Waals surface area (Å²) in [6.45, 7) is 9.40. The van der Waals surface area contributed by atoms with Gasteiger partial charge in [0.1, 0.15) is 5.60 Å². The predicted molar refractivity (Wildman–Crippen MR) is 68.8 cm³/mol. The van der Waals surface area contributed by atoms with Gasteiger partial charge in [-0.25, -0.2) is 4.79 Å². The van der Waals surface area contributed by atoms with Crippen molar-refractivity contribution in [1.82, 2.24) is 4.90 Å². The molecule has 17 heavy (non-hydrogen) atoms. The molecule has 1 saturated heterocycles. The van der Waals surface area contributed by atoms with Crippen LogP contribution in [-0.2, 0) is 4.74 Å². The van der Waals surface area contributed by atoms with Crippen LogP contribution in [0.4, 0.5) is 4.79 Å². The van der Waals surface area contributed by atoms with Gasteiger partial charge in [0.15, 0.2) is 0 Å². The van der Waals surface area contributed by atoms with Gasteiger partial charge in [0.2, 0.25) is 0 Å². The van der Waals surface area contributed by atoms with Crippen LogP contribution in [0.15, 0.2) is 0 Å². The van der Waals surface area contributed by atoms with Gasteiger partial charge in [-0.1, -0.05) is 6.92 Å². The SMILES string of the molecule is CC(CN)CCC1CCN1C(=O)OC(C)(C)C. The molecule has 0 bridgehead atoms. The van der Waals surface area contributed by atoms with Crippen molar-refractivity contribution in [2.45, 2.75) is 58.6 Å². The fraction of sp³-hybridized carbons (Fsp3) is 0.923. The summed E-state index contributed by atoms with van der Waals surface area (Å²) in [5, 5.41) is 0. The molecule has 4 heteroatoms. The lowest BCUT2D eigenvalue weighted by atomic mass is 9.94. The number of nitrogens with zero attached hydrogens (tertiary/aromatic N) is 1. The van der Waals surface area contributed by atoms with Crippen LogP contribution in [0.5, 0.6) is 0 Å². The summed E-state index contributed by atoms with van der Waals surface area (Å²) < 4.78 is 5.37. The number of ether oxygens (including phenoxy) is 1.